The van der Waals surface area contributed by atoms with Crippen LogP contribution >= 0.6 is 11.3 Å². The van der Waals surface area contributed by atoms with Crippen LogP contribution in [0.4, 0.5) is 0 Å². The van der Waals surface area contributed by atoms with Crippen LogP contribution in [0.5, 0.6) is 0 Å². The van der Waals surface area contributed by atoms with Crippen LogP contribution in [0.1, 0.15) is 40.2 Å². The van der Waals surface area contributed by atoms with E-state index in [2.05, 4.69) is 28.0 Å². The molecule has 5 nitrogen and oxygen atoms in total. The first kappa shape index (κ1) is 18.1. The third-order valence-electron chi connectivity index (χ3n) is 5.17. The molecule has 0 atom stereocenters. The molecule has 1 aromatic carbocycles. The largest absolute Gasteiger partial charge is 0.338 e. The Labute approximate surface area is 163 Å². The highest BCUT2D eigenvalue weighted by Gasteiger charge is 2.27. The lowest BCUT2D eigenvalue weighted by atomic mass is 9.87. The predicted molar refractivity (Wildman–Crippen MR) is 106 cm³/mol. The number of aromatic nitrogens is 2. The van der Waals surface area contributed by atoms with Crippen molar-refractivity contribution in [2.75, 3.05) is 13.1 Å². The quantitative estimate of drug-likeness (QED) is 0.609. The van der Waals surface area contributed by atoms with Crippen molar-refractivity contribution in [3.05, 3.63) is 58.3 Å². The lowest BCUT2D eigenvalue weighted by Gasteiger charge is -2.30. The van der Waals surface area contributed by atoms with Crippen LogP contribution in [-0.2, 0) is 6.54 Å². The number of carbonyl (C=O) groups is 1. The van der Waals surface area contributed by atoms with E-state index in [1.165, 1.54) is 5.56 Å². The smallest absolute Gasteiger partial charge is 0.241 e. The van der Waals surface area contributed by atoms with Gasteiger partial charge in [-0.15, -0.1) is 11.3 Å². The molecule has 6 heteroatoms. The van der Waals surface area contributed by atoms with Crippen molar-refractivity contribution in [1.29, 1.82) is 0 Å². The molecule has 0 saturated carbocycles. The van der Waals surface area contributed by atoms with E-state index in [4.69, 9.17) is 4.52 Å². The zero-order valence-corrected chi connectivity index (χ0v) is 16.5. The van der Waals surface area contributed by atoms with Crippen LogP contribution in [0.15, 0.2) is 40.2 Å². The number of piperidine rings is 1. The van der Waals surface area contributed by atoms with E-state index in [9.17, 15) is 4.79 Å². The van der Waals surface area contributed by atoms with Crippen molar-refractivity contribution in [2.45, 2.75) is 33.2 Å². The first-order valence-electron chi connectivity index (χ1n) is 9.30. The van der Waals surface area contributed by atoms with E-state index < -0.39 is 0 Å². The fourth-order valence-corrected chi connectivity index (χ4v) is 4.33. The molecular weight excluding hydrogens is 358 g/mol. The summed E-state index contributed by atoms with van der Waals surface area (Å²) in [6, 6.07) is 10.1. The zero-order chi connectivity index (χ0) is 18.8. The van der Waals surface area contributed by atoms with E-state index >= 15 is 0 Å². The second-order valence-electron chi connectivity index (χ2n) is 7.22. The standard InChI is InChI=1S/C21H23N3O2S/c1-14-5-6-17(15(2)12-14)20(25)16-7-9-24(10-8-16)13-19-22-21(23-26-19)18-4-3-11-27-18/h3-6,11-12,16H,7-10,13H2,1-2H3. The van der Waals surface area contributed by atoms with Gasteiger partial charge in [-0.25, -0.2) is 0 Å². The van der Waals surface area contributed by atoms with Gasteiger partial charge in [-0.2, -0.15) is 4.98 Å². The summed E-state index contributed by atoms with van der Waals surface area (Å²) in [5.41, 5.74) is 3.14. The van der Waals surface area contributed by atoms with Crippen molar-refractivity contribution in [1.82, 2.24) is 15.0 Å². The Morgan fingerprint density at radius 2 is 2.07 bits per heavy atom. The Hall–Kier alpha value is -2.31. The van der Waals surface area contributed by atoms with Crippen LogP contribution in [-0.4, -0.2) is 33.9 Å². The number of hydrogen-bond acceptors (Lipinski definition) is 6. The van der Waals surface area contributed by atoms with E-state index in [1.807, 2.05) is 36.6 Å². The van der Waals surface area contributed by atoms with Crippen molar-refractivity contribution < 1.29 is 9.32 Å². The molecule has 3 heterocycles. The summed E-state index contributed by atoms with van der Waals surface area (Å²) in [4.78, 5) is 20.7. The fraction of sp³-hybridized carbons (Fsp3) is 0.381. The van der Waals surface area contributed by atoms with Crippen LogP contribution in [0, 0.1) is 19.8 Å². The maximum Gasteiger partial charge on any atom is 0.241 e. The molecule has 0 radical (unpaired) electrons. The maximum absolute atomic E-state index is 12.9. The van der Waals surface area contributed by atoms with Gasteiger partial charge in [-0.05, 0) is 56.8 Å². The summed E-state index contributed by atoms with van der Waals surface area (Å²) < 4.78 is 5.40. The molecule has 1 saturated heterocycles. The van der Waals surface area contributed by atoms with Crippen LogP contribution in [0.25, 0.3) is 10.7 Å². The third-order valence-corrected chi connectivity index (χ3v) is 6.04. The van der Waals surface area contributed by atoms with E-state index in [-0.39, 0.29) is 11.7 Å². The normalized spacial score (nSPS) is 15.9. The van der Waals surface area contributed by atoms with Gasteiger partial charge < -0.3 is 4.52 Å². The number of nitrogens with zero attached hydrogens (tertiary/aromatic N) is 3. The highest BCUT2D eigenvalue weighted by atomic mass is 32.1. The minimum atomic E-state index is 0.104. The number of aryl methyl sites for hydroxylation is 2. The fourth-order valence-electron chi connectivity index (χ4n) is 3.68. The number of thiophene rings is 1. The molecule has 1 aliphatic heterocycles. The summed E-state index contributed by atoms with van der Waals surface area (Å²) in [5, 5.41) is 6.07. The maximum atomic E-state index is 12.9. The average molecular weight is 382 g/mol. The van der Waals surface area contributed by atoms with Crippen LogP contribution in [0.2, 0.25) is 0 Å². The van der Waals surface area contributed by atoms with Crippen molar-refractivity contribution >= 4 is 17.1 Å². The highest BCUT2D eigenvalue weighted by molar-refractivity contribution is 7.13. The second-order valence-corrected chi connectivity index (χ2v) is 8.17. The van der Waals surface area contributed by atoms with Gasteiger partial charge in [0.2, 0.25) is 11.7 Å². The molecule has 4 rings (SSSR count). The second kappa shape index (κ2) is 7.74. The molecule has 1 fully saturated rings. The summed E-state index contributed by atoms with van der Waals surface area (Å²) in [6.45, 7) is 6.47. The number of ketones is 1. The summed E-state index contributed by atoms with van der Waals surface area (Å²) >= 11 is 1.60. The predicted octanol–water partition coefficient (Wildman–Crippen LogP) is 4.51. The molecule has 140 valence electrons. The van der Waals surface area contributed by atoms with Crippen LogP contribution in [0.3, 0.4) is 0 Å². The molecule has 0 amide bonds. The van der Waals surface area contributed by atoms with Gasteiger partial charge >= 0.3 is 0 Å². The molecule has 2 aromatic heterocycles. The van der Waals surface area contributed by atoms with Gasteiger partial charge in [0.1, 0.15) is 0 Å². The number of rotatable bonds is 5. The van der Waals surface area contributed by atoms with E-state index in [0.717, 1.165) is 41.9 Å². The van der Waals surface area contributed by atoms with Gasteiger partial charge in [0.05, 0.1) is 11.4 Å². The van der Waals surface area contributed by atoms with Gasteiger partial charge in [-0.1, -0.05) is 35.0 Å². The number of likely N-dealkylation sites (tertiary alicyclic amines) is 1. The van der Waals surface area contributed by atoms with Crippen molar-refractivity contribution in [2.24, 2.45) is 5.92 Å². The monoisotopic (exact) mass is 381 g/mol. The third kappa shape index (κ3) is 4.01. The highest BCUT2D eigenvalue weighted by Crippen LogP contribution is 2.26. The Morgan fingerprint density at radius 1 is 1.26 bits per heavy atom. The lowest BCUT2D eigenvalue weighted by Crippen LogP contribution is -2.36. The van der Waals surface area contributed by atoms with Gasteiger partial charge in [0.25, 0.3) is 0 Å². The van der Waals surface area contributed by atoms with Gasteiger partial charge in [-0.3, -0.25) is 9.69 Å². The lowest BCUT2D eigenvalue weighted by molar-refractivity contribution is 0.0824. The molecule has 0 unspecified atom stereocenters. The Kier molecular flexibility index (Phi) is 5.18. The molecule has 0 bridgehead atoms. The first-order chi connectivity index (χ1) is 13.1. The average Bonchev–Trinajstić information content (AvgIpc) is 3.33. The Balaban J connectivity index is 1.34. The molecular formula is C21H23N3O2S. The molecule has 3 aromatic rings. The number of Topliss-reactive ketones (excluding diaryl/α,β-unsaturated/α-hetero) is 1. The summed E-state index contributed by atoms with van der Waals surface area (Å²) in [5.74, 6) is 1.68. The van der Waals surface area contributed by atoms with E-state index in [0.29, 0.717) is 18.3 Å². The molecule has 0 aliphatic carbocycles. The van der Waals surface area contributed by atoms with E-state index in [1.54, 1.807) is 11.3 Å². The van der Waals surface area contributed by atoms with Crippen molar-refractivity contribution in [3.8, 4) is 10.7 Å². The number of carbonyl (C=O) groups excluding carboxylic acids is 1. The molecule has 27 heavy (non-hydrogen) atoms. The minimum absolute atomic E-state index is 0.104. The van der Waals surface area contributed by atoms with Gasteiger partial charge in [0, 0.05) is 11.5 Å². The van der Waals surface area contributed by atoms with Gasteiger partial charge in [0.15, 0.2) is 5.78 Å². The minimum Gasteiger partial charge on any atom is -0.338 e. The van der Waals surface area contributed by atoms with Crippen molar-refractivity contribution in [3.63, 3.8) is 0 Å². The first-order valence-corrected chi connectivity index (χ1v) is 10.2. The molecule has 0 spiro atoms. The Bertz CT molecular complexity index is 925. The Morgan fingerprint density at radius 3 is 2.78 bits per heavy atom. The summed E-state index contributed by atoms with van der Waals surface area (Å²) in [7, 11) is 0. The SMILES string of the molecule is Cc1ccc(C(=O)C2CCN(Cc3nc(-c4cccs4)no3)CC2)c(C)c1. The topological polar surface area (TPSA) is 59.2 Å². The summed E-state index contributed by atoms with van der Waals surface area (Å²) in [6.07, 6.45) is 1.75. The molecule has 1 aliphatic rings. The number of hydrogen-bond donors (Lipinski definition) is 0. The molecule has 0 N–H and O–H groups in total. The number of benzene rings is 1. The zero-order valence-electron chi connectivity index (χ0n) is 15.6. The van der Waals surface area contributed by atoms with Crippen LogP contribution < -0.4 is 0 Å².